The van der Waals surface area contributed by atoms with Crippen LogP contribution in [0.2, 0.25) is 5.15 Å². The molecule has 1 aromatic heterocycles. The third-order valence-corrected chi connectivity index (χ3v) is 3.34. The number of nitrogens with zero attached hydrogens (tertiary/aromatic N) is 2. The second-order valence-corrected chi connectivity index (χ2v) is 4.65. The molecule has 0 amide bonds. The minimum Gasteiger partial charge on any atom is -0.496 e. The lowest BCUT2D eigenvalue weighted by Gasteiger charge is -2.10. The summed E-state index contributed by atoms with van der Waals surface area (Å²) in [6.45, 7) is 0. The molecule has 0 saturated carbocycles. The number of fused-ring (bicyclic) bond motifs is 1. The minimum atomic E-state index is -0.568. The van der Waals surface area contributed by atoms with E-state index in [-0.39, 0.29) is 27.8 Å². The van der Waals surface area contributed by atoms with E-state index in [0.29, 0.717) is 5.39 Å². The van der Waals surface area contributed by atoms with E-state index in [9.17, 15) is 8.78 Å². The molecule has 21 heavy (non-hydrogen) atoms. The van der Waals surface area contributed by atoms with Gasteiger partial charge in [0, 0.05) is 5.39 Å². The number of methoxy groups -OCH3 is 1. The molecule has 106 valence electrons. The minimum absolute atomic E-state index is 0.0208. The molecule has 6 heteroatoms. The molecule has 0 saturated heterocycles. The van der Waals surface area contributed by atoms with Crippen LogP contribution in [-0.2, 0) is 0 Å². The summed E-state index contributed by atoms with van der Waals surface area (Å²) < 4.78 is 33.0. The summed E-state index contributed by atoms with van der Waals surface area (Å²) in [7, 11) is 1.40. The first-order valence-corrected chi connectivity index (χ1v) is 6.44. The van der Waals surface area contributed by atoms with Crippen LogP contribution in [-0.4, -0.2) is 17.1 Å². The molecule has 0 bridgehead atoms. The Hall–Kier alpha value is -2.27. The van der Waals surface area contributed by atoms with Gasteiger partial charge in [0.1, 0.15) is 28.1 Å². The molecule has 2 aromatic carbocycles. The van der Waals surface area contributed by atoms with Crippen LogP contribution in [0.15, 0.2) is 36.4 Å². The molecule has 0 aliphatic carbocycles. The first-order chi connectivity index (χ1) is 10.1. The van der Waals surface area contributed by atoms with Gasteiger partial charge in [0.2, 0.25) is 0 Å². The van der Waals surface area contributed by atoms with E-state index in [0.717, 1.165) is 0 Å². The SMILES string of the molecule is COc1cccc(F)c1-c1nc(Cl)c2cccc(F)c2n1. The lowest BCUT2D eigenvalue weighted by molar-refractivity contribution is 0.413. The molecular formula is C15H9ClF2N2O. The molecular weight excluding hydrogens is 298 g/mol. The van der Waals surface area contributed by atoms with E-state index < -0.39 is 11.6 Å². The zero-order valence-electron chi connectivity index (χ0n) is 10.9. The largest absolute Gasteiger partial charge is 0.496 e. The lowest BCUT2D eigenvalue weighted by Crippen LogP contribution is -1.98. The molecule has 0 N–H and O–H groups in total. The summed E-state index contributed by atoms with van der Waals surface area (Å²) in [5.41, 5.74) is 0.0878. The van der Waals surface area contributed by atoms with Gasteiger partial charge in [-0.15, -0.1) is 0 Å². The van der Waals surface area contributed by atoms with E-state index in [4.69, 9.17) is 16.3 Å². The molecule has 0 atom stereocenters. The van der Waals surface area contributed by atoms with Crippen LogP contribution in [0.4, 0.5) is 8.78 Å². The number of para-hydroxylation sites is 1. The third kappa shape index (κ3) is 2.29. The first kappa shape index (κ1) is 13.7. The lowest BCUT2D eigenvalue weighted by atomic mass is 10.1. The summed E-state index contributed by atoms with van der Waals surface area (Å²) >= 11 is 6.05. The van der Waals surface area contributed by atoms with Gasteiger partial charge in [0.15, 0.2) is 5.82 Å². The molecule has 0 spiro atoms. The van der Waals surface area contributed by atoms with Crippen molar-refractivity contribution in [1.29, 1.82) is 0 Å². The van der Waals surface area contributed by atoms with Crippen molar-refractivity contribution in [2.75, 3.05) is 7.11 Å². The molecule has 0 aliphatic heterocycles. The predicted octanol–water partition coefficient (Wildman–Crippen LogP) is 4.24. The standard InChI is InChI=1S/C15H9ClF2N2O/c1-21-11-7-3-5-9(17)12(11)15-19-13-8(14(16)20-15)4-2-6-10(13)18/h2-7H,1H3. The van der Waals surface area contributed by atoms with Gasteiger partial charge in [0.05, 0.1) is 12.7 Å². The fourth-order valence-corrected chi connectivity index (χ4v) is 2.32. The van der Waals surface area contributed by atoms with E-state index in [1.165, 1.54) is 31.4 Å². The fourth-order valence-electron chi connectivity index (χ4n) is 2.08. The number of rotatable bonds is 2. The number of aromatic nitrogens is 2. The Morgan fingerprint density at radius 1 is 1.00 bits per heavy atom. The van der Waals surface area contributed by atoms with Crippen molar-refractivity contribution >= 4 is 22.5 Å². The van der Waals surface area contributed by atoms with E-state index in [1.54, 1.807) is 12.1 Å². The van der Waals surface area contributed by atoms with Gasteiger partial charge in [-0.3, -0.25) is 0 Å². The Morgan fingerprint density at radius 3 is 2.48 bits per heavy atom. The van der Waals surface area contributed by atoms with Crippen LogP contribution < -0.4 is 4.74 Å². The van der Waals surface area contributed by atoms with Crippen LogP contribution in [0, 0.1) is 11.6 Å². The van der Waals surface area contributed by atoms with Crippen molar-refractivity contribution < 1.29 is 13.5 Å². The molecule has 0 fully saturated rings. The van der Waals surface area contributed by atoms with Crippen molar-refractivity contribution in [3.05, 3.63) is 53.2 Å². The number of hydrogen-bond donors (Lipinski definition) is 0. The van der Waals surface area contributed by atoms with Crippen molar-refractivity contribution in [3.63, 3.8) is 0 Å². The Kier molecular flexibility index (Phi) is 3.43. The van der Waals surface area contributed by atoms with Gasteiger partial charge in [-0.1, -0.05) is 23.7 Å². The monoisotopic (exact) mass is 306 g/mol. The molecule has 3 rings (SSSR count). The quantitative estimate of drug-likeness (QED) is 0.664. The van der Waals surface area contributed by atoms with Gasteiger partial charge in [-0.05, 0) is 24.3 Å². The molecule has 3 aromatic rings. The van der Waals surface area contributed by atoms with Crippen molar-refractivity contribution in [2.24, 2.45) is 0 Å². The van der Waals surface area contributed by atoms with Crippen LogP contribution >= 0.6 is 11.6 Å². The fraction of sp³-hybridized carbons (Fsp3) is 0.0667. The van der Waals surface area contributed by atoms with Gasteiger partial charge in [-0.25, -0.2) is 18.7 Å². The van der Waals surface area contributed by atoms with E-state index in [1.807, 2.05) is 0 Å². The zero-order valence-corrected chi connectivity index (χ0v) is 11.7. The van der Waals surface area contributed by atoms with Crippen LogP contribution in [0.5, 0.6) is 5.75 Å². The Labute approximate surface area is 124 Å². The second-order valence-electron chi connectivity index (χ2n) is 4.29. The highest BCUT2D eigenvalue weighted by atomic mass is 35.5. The summed E-state index contributed by atoms with van der Waals surface area (Å²) in [5, 5.41) is 0.426. The highest BCUT2D eigenvalue weighted by Gasteiger charge is 2.17. The number of hydrogen-bond acceptors (Lipinski definition) is 3. The number of halogens is 3. The molecule has 0 unspecified atom stereocenters. The Morgan fingerprint density at radius 2 is 1.71 bits per heavy atom. The van der Waals surface area contributed by atoms with Gasteiger partial charge in [-0.2, -0.15) is 0 Å². The number of ether oxygens (including phenoxy) is 1. The average Bonchev–Trinajstić information content (AvgIpc) is 2.48. The maximum atomic E-state index is 14.1. The highest BCUT2D eigenvalue weighted by Crippen LogP contribution is 2.33. The maximum absolute atomic E-state index is 14.1. The second kappa shape index (κ2) is 5.26. The molecule has 3 nitrogen and oxygen atoms in total. The van der Waals surface area contributed by atoms with Crippen LogP contribution in [0.1, 0.15) is 0 Å². The van der Waals surface area contributed by atoms with Gasteiger partial charge < -0.3 is 4.74 Å². The molecule has 0 radical (unpaired) electrons. The topological polar surface area (TPSA) is 35.0 Å². The summed E-state index contributed by atoms with van der Waals surface area (Å²) in [6, 6.07) is 8.69. The van der Waals surface area contributed by atoms with E-state index in [2.05, 4.69) is 9.97 Å². The Balaban J connectivity index is 2.34. The first-order valence-electron chi connectivity index (χ1n) is 6.06. The summed E-state index contributed by atoms with van der Waals surface area (Å²) in [5.74, 6) is -0.885. The van der Waals surface area contributed by atoms with Crippen LogP contribution in [0.25, 0.3) is 22.3 Å². The molecule has 1 heterocycles. The van der Waals surface area contributed by atoms with Crippen molar-refractivity contribution in [3.8, 4) is 17.1 Å². The summed E-state index contributed by atoms with van der Waals surface area (Å²) in [6.07, 6.45) is 0. The Bertz CT molecular complexity index is 839. The van der Waals surface area contributed by atoms with Gasteiger partial charge in [0.25, 0.3) is 0 Å². The number of benzene rings is 2. The average molecular weight is 307 g/mol. The predicted molar refractivity (Wildman–Crippen MR) is 76.5 cm³/mol. The van der Waals surface area contributed by atoms with E-state index >= 15 is 0 Å². The smallest absolute Gasteiger partial charge is 0.168 e. The van der Waals surface area contributed by atoms with Crippen LogP contribution in [0.3, 0.4) is 0 Å². The molecule has 0 aliphatic rings. The zero-order chi connectivity index (χ0) is 15.0. The highest BCUT2D eigenvalue weighted by molar-refractivity contribution is 6.34. The maximum Gasteiger partial charge on any atom is 0.168 e. The van der Waals surface area contributed by atoms with Crippen molar-refractivity contribution in [1.82, 2.24) is 9.97 Å². The third-order valence-electron chi connectivity index (χ3n) is 3.05. The van der Waals surface area contributed by atoms with Gasteiger partial charge >= 0.3 is 0 Å². The normalized spacial score (nSPS) is 10.9. The van der Waals surface area contributed by atoms with Crippen molar-refractivity contribution in [2.45, 2.75) is 0 Å². The summed E-state index contributed by atoms with van der Waals surface area (Å²) in [4.78, 5) is 8.13.